The van der Waals surface area contributed by atoms with E-state index in [1.807, 2.05) is 89.8 Å². The van der Waals surface area contributed by atoms with E-state index in [4.69, 9.17) is 4.74 Å². The van der Waals surface area contributed by atoms with Crippen molar-refractivity contribution in [1.29, 1.82) is 0 Å². The van der Waals surface area contributed by atoms with E-state index in [1.165, 1.54) is 6.42 Å². The number of nitrogens with one attached hydrogen (secondary N) is 2. The van der Waals surface area contributed by atoms with Crippen LogP contribution in [0.4, 0.5) is 17.1 Å². The molecule has 0 aromatic heterocycles. The van der Waals surface area contributed by atoms with Crippen LogP contribution < -0.4 is 15.5 Å². The summed E-state index contributed by atoms with van der Waals surface area (Å²) in [6.07, 6.45) is 3.47. The molecule has 2 N–H and O–H groups in total. The molecule has 0 spiro atoms. The number of hydrogen-bond acceptors (Lipinski definition) is 6. The number of rotatable bonds is 10. The van der Waals surface area contributed by atoms with E-state index < -0.39 is 5.97 Å². The normalized spacial score (nSPS) is 15.5. The summed E-state index contributed by atoms with van der Waals surface area (Å²) in [4.78, 5) is 43.5. The van der Waals surface area contributed by atoms with Gasteiger partial charge in [0.1, 0.15) is 0 Å². The molecule has 8 heteroatoms. The Morgan fingerprint density at radius 3 is 2.24 bits per heavy atom. The first-order chi connectivity index (χ1) is 22.5. The molecule has 2 amide bonds. The first-order valence-corrected chi connectivity index (χ1v) is 15.9. The molecule has 6 rings (SSSR count). The van der Waals surface area contributed by atoms with E-state index in [-0.39, 0.29) is 18.4 Å². The highest BCUT2D eigenvalue weighted by Crippen LogP contribution is 2.38. The summed E-state index contributed by atoms with van der Waals surface area (Å²) in [5.74, 6) is -0.634. The zero-order chi connectivity index (χ0) is 31.9. The van der Waals surface area contributed by atoms with Crippen molar-refractivity contribution in [1.82, 2.24) is 4.90 Å². The summed E-state index contributed by atoms with van der Waals surface area (Å²) in [6.45, 7) is 4.79. The standard InChI is InChI=1S/C38H38N4O4/c1-2-46-38(45)29-16-21-32-33(24-29)40-37(44)35(32)36(28-14-8-4-9-15-28)39-30-17-19-31(20-18-30)42(25-27-12-6-3-7-13-27)34(43)26-41-22-10-5-11-23-41/h3-4,6-9,12-21,24,39H,2,5,10-11,22-23,25-26H2,1H3,(H,40,44)/b36-35-. The number of benzene rings is 4. The summed E-state index contributed by atoms with van der Waals surface area (Å²) >= 11 is 0. The van der Waals surface area contributed by atoms with E-state index in [9.17, 15) is 14.4 Å². The number of nitrogens with zero attached hydrogens (tertiary/aromatic N) is 2. The molecule has 0 unspecified atom stereocenters. The van der Waals surface area contributed by atoms with Crippen molar-refractivity contribution in [3.63, 3.8) is 0 Å². The topological polar surface area (TPSA) is 91.0 Å². The van der Waals surface area contributed by atoms with Gasteiger partial charge in [0.2, 0.25) is 5.91 Å². The zero-order valence-electron chi connectivity index (χ0n) is 26.0. The van der Waals surface area contributed by atoms with Crippen LogP contribution in [0, 0.1) is 0 Å². The molecule has 0 atom stereocenters. The second kappa shape index (κ2) is 14.3. The number of esters is 1. The number of carbonyl (C=O) groups is 3. The highest BCUT2D eigenvalue weighted by atomic mass is 16.5. The smallest absolute Gasteiger partial charge is 0.338 e. The van der Waals surface area contributed by atoms with Gasteiger partial charge in [-0.2, -0.15) is 0 Å². The van der Waals surface area contributed by atoms with E-state index in [0.717, 1.165) is 48.4 Å². The molecule has 46 heavy (non-hydrogen) atoms. The van der Waals surface area contributed by atoms with Crippen molar-refractivity contribution in [2.75, 3.05) is 41.8 Å². The minimum absolute atomic E-state index is 0.0694. The maximum Gasteiger partial charge on any atom is 0.338 e. The van der Waals surface area contributed by atoms with E-state index in [2.05, 4.69) is 15.5 Å². The Bertz CT molecular complexity index is 1730. The Morgan fingerprint density at radius 2 is 1.54 bits per heavy atom. The van der Waals surface area contributed by atoms with Crippen molar-refractivity contribution in [2.45, 2.75) is 32.7 Å². The van der Waals surface area contributed by atoms with Crippen LogP contribution in [-0.4, -0.2) is 48.9 Å². The Hall–Kier alpha value is -5.21. The molecular formula is C38H38N4O4. The molecule has 0 saturated carbocycles. The average molecular weight is 615 g/mol. The lowest BCUT2D eigenvalue weighted by Crippen LogP contribution is -2.42. The maximum absolute atomic E-state index is 13.7. The molecule has 4 aromatic carbocycles. The summed E-state index contributed by atoms with van der Waals surface area (Å²) < 4.78 is 5.15. The number of fused-ring (bicyclic) bond motifs is 1. The molecule has 0 aliphatic carbocycles. The molecule has 234 valence electrons. The van der Waals surface area contributed by atoms with Gasteiger partial charge >= 0.3 is 5.97 Å². The van der Waals surface area contributed by atoms with Crippen LogP contribution in [0.15, 0.2) is 103 Å². The minimum atomic E-state index is -0.436. The van der Waals surface area contributed by atoms with Crippen molar-refractivity contribution in [3.8, 4) is 0 Å². The average Bonchev–Trinajstić information content (AvgIpc) is 3.42. The fourth-order valence-corrected chi connectivity index (χ4v) is 6.00. The molecule has 0 bridgehead atoms. The van der Waals surface area contributed by atoms with Crippen LogP contribution in [0.5, 0.6) is 0 Å². The SMILES string of the molecule is CCOC(=O)c1ccc2c(c1)NC(=O)/C2=C(\Nc1ccc(N(Cc2ccccc2)C(=O)CN2CCCCC2)cc1)c1ccccc1. The van der Waals surface area contributed by atoms with Gasteiger partial charge in [-0.1, -0.05) is 73.2 Å². The van der Waals surface area contributed by atoms with Gasteiger partial charge in [0.25, 0.3) is 5.91 Å². The van der Waals surface area contributed by atoms with Crippen molar-refractivity contribution in [3.05, 3.63) is 125 Å². The summed E-state index contributed by atoms with van der Waals surface area (Å²) in [6, 6.07) is 32.6. The molecule has 0 radical (unpaired) electrons. The maximum atomic E-state index is 13.7. The third-order valence-corrected chi connectivity index (χ3v) is 8.33. The zero-order valence-corrected chi connectivity index (χ0v) is 26.0. The van der Waals surface area contributed by atoms with Gasteiger partial charge in [-0.3, -0.25) is 14.5 Å². The van der Waals surface area contributed by atoms with Gasteiger partial charge < -0.3 is 20.3 Å². The second-order valence-corrected chi connectivity index (χ2v) is 11.5. The Balaban J connectivity index is 1.31. The second-order valence-electron chi connectivity index (χ2n) is 11.5. The number of anilines is 3. The van der Waals surface area contributed by atoms with Gasteiger partial charge in [0.15, 0.2) is 0 Å². The summed E-state index contributed by atoms with van der Waals surface area (Å²) in [5.41, 5.74) is 6.20. The van der Waals surface area contributed by atoms with Crippen LogP contribution in [-0.2, 0) is 20.9 Å². The van der Waals surface area contributed by atoms with Gasteiger partial charge in [-0.25, -0.2) is 4.79 Å². The number of likely N-dealkylation sites (tertiary alicyclic amines) is 1. The van der Waals surface area contributed by atoms with Crippen LogP contribution in [0.3, 0.4) is 0 Å². The van der Waals surface area contributed by atoms with Crippen molar-refractivity contribution < 1.29 is 19.1 Å². The minimum Gasteiger partial charge on any atom is -0.462 e. The number of amides is 2. The highest BCUT2D eigenvalue weighted by Gasteiger charge is 2.29. The van der Waals surface area contributed by atoms with Crippen LogP contribution in [0.25, 0.3) is 11.3 Å². The number of piperidine rings is 1. The van der Waals surface area contributed by atoms with E-state index >= 15 is 0 Å². The van der Waals surface area contributed by atoms with Crippen LogP contribution >= 0.6 is 0 Å². The van der Waals surface area contributed by atoms with E-state index in [0.29, 0.717) is 41.2 Å². The predicted octanol–water partition coefficient (Wildman–Crippen LogP) is 6.81. The van der Waals surface area contributed by atoms with Gasteiger partial charge in [-0.15, -0.1) is 0 Å². The number of ether oxygens (including phenoxy) is 1. The van der Waals surface area contributed by atoms with Crippen molar-refractivity contribution >= 4 is 46.1 Å². The lowest BCUT2D eigenvalue weighted by Gasteiger charge is -2.30. The predicted molar refractivity (Wildman–Crippen MR) is 182 cm³/mol. The quantitative estimate of drug-likeness (QED) is 0.151. The van der Waals surface area contributed by atoms with Crippen LogP contribution in [0.2, 0.25) is 0 Å². The molecular weight excluding hydrogens is 576 g/mol. The molecule has 1 saturated heterocycles. The van der Waals surface area contributed by atoms with Gasteiger partial charge in [0, 0.05) is 16.9 Å². The molecule has 2 heterocycles. The largest absolute Gasteiger partial charge is 0.462 e. The lowest BCUT2D eigenvalue weighted by atomic mass is 9.99. The van der Waals surface area contributed by atoms with Gasteiger partial charge in [0.05, 0.1) is 42.2 Å². The lowest BCUT2D eigenvalue weighted by molar-refractivity contribution is -0.120. The third-order valence-electron chi connectivity index (χ3n) is 8.33. The fraction of sp³-hybridized carbons (Fsp3) is 0.237. The van der Waals surface area contributed by atoms with Crippen LogP contribution in [0.1, 0.15) is 53.2 Å². The third kappa shape index (κ3) is 7.03. The van der Waals surface area contributed by atoms with E-state index in [1.54, 1.807) is 25.1 Å². The molecule has 2 aliphatic rings. The van der Waals surface area contributed by atoms with Crippen molar-refractivity contribution in [2.24, 2.45) is 0 Å². The fourth-order valence-electron chi connectivity index (χ4n) is 6.00. The number of hydrogen-bond donors (Lipinski definition) is 2. The first kappa shape index (κ1) is 30.8. The monoisotopic (exact) mass is 614 g/mol. The summed E-state index contributed by atoms with van der Waals surface area (Å²) in [7, 11) is 0. The molecule has 1 fully saturated rings. The Labute approximate surface area is 269 Å². The molecule has 8 nitrogen and oxygen atoms in total. The molecule has 2 aliphatic heterocycles. The number of carbonyl (C=O) groups excluding carboxylic acids is 3. The highest BCUT2D eigenvalue weighted by molar-refractivity contribution is 6.37. The Morgan fingerprint density at radius 1 is 0.848 bits per heavy atom. The van der Waals surface area contributed by atoms with Gasteiger partial charge in [-0.05, 0) is 80.4 Å². The Kier molecular flexibility index (Phi) is 9.55. The molecule has 4 aromatic rings. The first-order valence-electron chi connectivity index (χ1n) is 15.9. The summed E-state index contributed by atoms with van der Waals surface area (Å²) in [5, 5.41) is 6.41.